The first-order valence-corrected chi connectivity index (χ1v) is 7.45. The molecule has 7 heteroatoms. The fourth-order valence-electron chi connectivity index (χ4n) is 2.11. The van der Waals surface area contributed by atoms with Gasteiger partial charge in [-0.3, -0.25) is 4.79 Å². The molecule has 0 radical (unpaired) electrons. The van der Waals surface area contributed by atoms with Crippen molar-refractivity contribution in [1.82, 2.24) is 4.57 Å². The normalized spacial score (nSPS) is 12.1. The molecule has 1 amide bonds. The number of carbonyl (C=O) groups excluding carboxylic acids is 1. The molecule has 0 atom stereocenters. The summed E-state index contributed by atoms with van der Waals surface area (Å²) >= 11 is 7.34. The lowest BCUT2D eigenvalue weighted by Gasteiger charge is -2.00. The number of hydrogen-bond acceptors (Lipinski definition) is 2. The Morgan fingerprint density at radius 2 is 1.82 bits per heavy atom. The molecule has 0 bridgehead atoms. The topological polar surface area (TPSA) is 34.4 Å². The molecule has 3 aromatic rings. The SMILES string of the molecule is Cn1c(=NC(=O)c2c(F)cccc2F)sc2cccc(Cl)c21. The number of fused-ring (bicyclic) bond motifs is 1. The van der Waals surface area contributed by atoms with Gasteiger partial charge >= 0.3 is 0 Å². The average molecular weight is 339 g/mol. The van der Waals surface area contributed by atoms with Crippen LogP contribution in [0.5, 0.6) is 0 Å². The number of halogens is 3. The van der Waals surface area contributed by atoms with Crippen molar-refractivity contribution in [3.8, 4) is 0 Å². The summed E-state index contributed by atoms with van der Waals surface area (Å²) in [7, 11) is 1.69. The van der Waals surface area contributed by atoms with Gasteiger partial charge in [-0.25, -0.2) is 8.78 Å². The van der Waals surface area contributed by atoms with Crippen LogP contribution in [0.2, 0.25) is 5.02 Å². The van der Waals surface area contributed by atoms with Crippen LogP contribution in [0.15, 0.2) is 41.4 Å². The number of rotatable bonds is 1. The van der Waals surface area contributed by atoms with Gasteiger partial charge in [0.25, 0.3) is 5.91 Å². The van der Waals surface area contributed by atoms with Gasteiger partial charge in [-0.2, -0.15) is 4.99 Å². The Bertz CT molecular complexity index is 942. The molecule has 22 heavy (non-hydrogen) atoms. The van der Waals surface area contributed by atoms with Gasteiger partial charge in [0.15, 0.2) is 4.80 Å². The summed E-state index contributed by atoms with van der Waals surface area (Å²) < 4.78 is 29.7. The Labute approximate surface area is 133 Å². The molecule has 0 saturated heterocycles. The molecule has 0 saturated carbocycles. The molecule has 1 aromatic heterocycles. The Hall–Kier alpha value is -2.05. The quantitative estimate of drug-likeness (QED) is 0.662. The lowest BCUT2D eigenvalue weighted by molar-refractivity contribution is 0.0990. The van der Waals surface area contributed by atoms with Gasteiger partial charge in [0.05, 0.1) is 15.2 Å². The molecular formula is C15H9ClF2N2OS. The van der Waals surface area contributed by atoms with E-state index in [1.165, 1.54) is 17.4 Å². The van der Waals surface area contributed by atoms with Gasteiger partial charge in [-0.15, -0.1) is 0 Å². The van der Waals surface area contributed by atoms with E-state index in [-0.39, 0.29) is 0 Å². The fraction of sp³-hybridized carbons (Fsp3) is 0.0667. The first kappa shape index (κ1) is 14.9. The number of thiazole rings is 1. The van der Waals surface area contributed by atoms with E-state index in [4.69, 9.17) is 11.6 Å². The Balaban J connectivity index is 2.19. The van der Waals surface area contributed by atoms with Crippen molar-refractivity contribution in [1.29, 1.82) is 0 Å². The zero-order valence-corrected chi connectivity index (χ0v) is 12.9. The van der Waals surface area contributed by atoms with Crippen LogP contribution in [0.1, 0.15) is 10.4 Å². The monoisotopic (exact) mass is 338 g/mol. The number of nitrogens with zero attached hydrogens (tertiary/aromatic N) is 2. The summed E-state index contributed by atoms with van der Waals surface area (Å²) in [6, 6.07) is 8.57. The molecule has 0 N–H and O–H groups in total. The molecule has 0 fully saturated rings. The van der Waals surface area contributed by atoms with E-state index in [0.29, 0.717) is 9.82 Å². The van der Waals surface area contributed by atoms with Crippen molar-refractivity contribution in [3.63, 3.8) is 0 Å². The second kappa shape index (κ2) is 5.62. The Morgan fingerprint density at radius 1 is 1.18 bits per heavy atom. The van der Waals surface area contributed by atoms with Gasteiger partial charge in [-0.05, 0) is 24.3 Å². The van der Waals surface area contributed by atoms with E-state index >= 15 is 0 Å². The zero-order chi connectivity index (χ0) is 15.9. The van der Waals surface area contributed by atoms with Gasteiger partial charge in [0, 0.05) is 7.05 Å². The van der Waals surface area contributed by atoms with Crippen LogP contribution in [0.25, 0.3) is 10.2 Å². The lowest BCUT2D eigenvalue weighted by atomic mass is 10.2. The highest BCUT2D eigenvalue weighted by Crippen LogP contribution is 2.24. The van der Waals surface area contributed by atoms with E-state index in [1.807, 2.05) is 6.07 Å². The third-order valence-corrected chi connectivity index (χ3v) is 4.55. The standard InChI is InChI=1S/C15H9ClF2N2OS/c1-20-13-8(16)4-2-7-11(13)22-15(20)19-14(21)12-9(17)5-3-6-10(12)18/h2-7H,1H3. The number of aromatic nitrogens is 1. The minimum absolute atomic E-state index is 0.316. The summed E-state index contributed by atoms with van der Waals surface area (Å²) in [5, 5.41) is 0.516. The van der Waals surface area contributed by atoms with E-state index in [1.54, 1.807) is 23.7 Å². The maximum absolute atomic E-state index is 13.6. The Kier molecular flexibility index (Phi) is 3.80. The van der Waals surface area contributed by atoms with Crippen molar-refractivity contribution in [2.24, 2.45) is 12.0 Å². The molecule has 112 valence electrons. The van der Waals surface area contributed by atoms with Gasteiger partial charge < -0.3 is 4.57 Å². The first-order chi connectivity index (χ1) is 10.5. The molecule has 0 aliphatic heterocycles. The summed E-state index contributed by atoms with van der Waals surface area (Å²) in [5.41, 5.74) is 0.0563. The maximum atomic E-state index is 13.6. The zero-order valence-electron chi connectivity index (χ0n) is 11.3. The number of carbonyl (C=O) groups is 1. The molecule has 3 rings (SSSR count). The van der Waals surface area contributed by atoms with Crippen molar-refractivity contribution in [2.75, 3.05) is 0 Å². The average Bonchev–Trinajstić information content (AvgIpc) is 2.76. The van der Waals surface area contributed by atoms with Crippen LogP contribution >= 0.6 is 22.9 Å². The van der Waals surface area contributed by atoms with Crippen molar-refractivity contribution in [3.05, 3.63) is 63.4 Å². The maximum Gasteiger partial charge on any atom is 0.285 e. The van der Waals surface area contributed by atoms with E-state index in [0.717, 1.165) is 22.3 Å². The number of hydrogen-bond donors (Lipinski definition) is 0. The van der Waals surface area contributed by atoms with Crippen molar-refractivity contribution in [2.45, 2.75) is 0 Å². The number of para-hydroxylation sites is 1. The van der Waals surface area contributed by atoms with Crippen LogP contribution in [-0.4, -0.2) is 10.5 Å². The summed E-state index contributed by atoms with van der Waals surface area (Å²) in [4.78, 5) is 16.2. The number of amides is 1. The summed E-state index contributed by atoms with van der Waals surface area (Å²) in [6.45, 7) is 0. The van der Waals surface area contributed by atoms with Crippen LogP contribution in [0, 0.1) is 11.6 Å². The summed E-state index contributed by atoms with van der Waals surface area (Å²) in [5.74, 6) is -2.83. The first-order valence-electron chi connectivity index (χ1n) is 6.26. The third kappa shape index (κ3) is 2.44. The molecular weight excluding hydrogens is 330 g/mol. The molecule has 1 heterocycles. The summed E-state index contributed by atoms with van der Waals surface area (Å²) in [6.07, 6.45) is 0. The smallest absolute Gasteiger partial charge is 0.285 e. The van der Waals surface area contributed by atoms with Gasteiger partial charge in [0.1, 0.15) is 17.2 Å². The van der Waals surface area contributed by atoms with Crippen molar-refractivity contribution >= 4 is 39.1 Å². The van der Waals surface area contributed by atoms with Crippen LogP contribution < -0.4 is 4.80 Å². The minimum Gasteiger partial charge on any atom is -0.318 e. The number of aryl methyl sites for hydroxylation is 1. The van der Waals surface area contributed by atoms with Gasteiger partial charge in [-0.1, -0.05) is 35.1 Å². The molecule has 0 spiro atoms. The molecule has 0 aliphatic rings. The highest BCUT2D eigenvalue weighted by atomic mass is 35.5. The molecule has 0 aliphatic carbocycles. The largest absolute Gasteiger partial charge is 0.318 e. The Morgan fingerprint density at radius 3 is 2.45 bits per heavy atom. The molecule has 2 aromatic carbocycles. The second-order valence-electron chi connectivity index (χ2n) is 4.54. The highest BCUT2D eigenvalue weighted by molar-refractivity contribution is 7.16. The second-order valence-corrected chi connectivity index (χ2v) is 5.96. The van der Waals surface area contributed by atoms with E-state index < -0.39 is 23.1 Å². The molecule has 0 unspecified atom stereocenters. The van der Waals surface area contributed by atoms with Crippen molar-refractivity contribution < 1.29 is 13.6 Å². The molecule has 3 nitrogen and oxygen atoms in total. The van der Waals surface area contributed by atoms with E-state index in [2.05, 4.69) is 4.99 Å². The minimum atomic E-state index is -0.964. The fourth-order valence-corrected chi connectivity index (χ4v) is 3.51. The van der Waals surface area contributed by atoms with Gasteiger partial charge in [0.2, 0.25) is 0 Å². The third-order valence-electron chi connectivity index (χ3n) is 3.15. The lowest BCUT2D eigenvalue weighted by Crippen LogP contribution is -2.14. The number of benzene rings is 2. The van der Waals surface area contributed by atoms with Crippen LogP contribution in [0.4, 0.5) is 8.78 Å². The highest BCUT2D eigenvalue weighted by Gasteiger charge is 2.17. The predicted octanol–water partition coefficient (Wildman–Crippen LogP) is 3.91. The predicted molar refractivity (Wildman–Crippen MR) is 82.1 cm³/mol. The van der Waals surface area contributed by atoms with Crippen LogP contribution in [0.3, 0.4) is 0 Å². The van der Waals surface area contributed by atoms with Crippen LogP contribution in [-0.2, 0) is 7.05 Å². The van der Waals surface area contributed by atoms with E-state index in [9.17, 15) is 13.6 Å².